The number of hydrogen-bond donors (Lipinski definition) is 3. The maximum Gasteiger partial charge on any atom is 0.308 e. The molecule has 0 aliphatic carbocycles. The van der Waals surface area contributed by atoms with Gasteiger partial charge in [-0.15, -0.1) is 0 Å². The Morgan fingerprint density at radius 1 is 1.44 bits per heavy atom. The van der Waals surface area contributed by atoms with Crippen molar-refractivity contribution in [3.8, 4) is 17.1 Å². The number of H-pyrrole nitrogens is 2. The number of ether oxygens (including phenoxy) is 1. The monoisotopic (exact) mass is 369 g/mol. The second kappa shape index (κ2) is 6.75. The third-order valence-electron chi connectivity index (χ3n) is 4.72. The second-order valence-electron chi connectivity index (χ2n) is 6.40. The van der Waals surface area contributed by atoms with Gasteiger partial charge in [0.05, 0.1) is 24.4 Å². The van der Waals surface area contributed by atoms with Gasteiger partial charge in [-0.1, -0.05) is 0 Å². The summed E-state index contributed by atoms with van der Waals surface area (Å²) in [6.45, 7) is 3.47. The molecule has 1 atom stereocenters. The van der Waals surface area contributed by atoms with Crippen molar-refractivity contribution >= 4 is 22.8 Å². The Kier molecular flexibility index (Phi) is 4.27. The van der Waals surface area contributed by atoms with Crippen molar-refractivity contribution in [3.63, 3.8) is 0 Å². The van der Waals surface area contributed by atoms with Crippen molar-refractivity contribution in [1.29, 1.82) is 0 Å². The van der Waals surface area contributed by atoms with Crippen LogP contribution in [0, 0.1) is 5.92 Å². The van der Waals surface area contributed by atoms with Crippen molar-refractivity contribution in [2.24, 2.45) is 5.92 Å². The minimum absolute atomic E-state index is 0.303. The van der Waals surface area contributed by atoms with Gasteiger partial charge < -0.3 is 24.7 Å². The lowest BCUT2D eigenvalue weighted by molar-refractivity contribution is -0.140. The van der Waals surface area contributed by atoms with Crippen molar-refractivity contribution < 1.29 is 14.6 Å². The number of anilines is 1. The van der Waals surface area contributed by atoms with E-state index in [9.17, 15) is 14.7 Å². The molecule has 9 heteroatoms. The molecule has 3 aromatic rings. The molecule has 2 aromatic heterocycles. The van der Waals surface area contributed by atoms with Gasteiger partial charge in [0, 0.05) is 24.8 Å². The van der Waals surface area contributed by atoms with E-state index >= 15 is 0 Å². The zero-order valence-electron chi connectivity index (χ0n) is 14.7. The van der Waals surface area contributed by atoms with Crippen LogP contribution >= 0.6 is 0 Å². The number of carboxylic acid groups (broad SMARTS) is 1. The lowest BCUT2D eigenvalue weighted by Crippen LogP contribution is -2.22. The molecule has 3 heterocycles. The molecule has 1 aliphatic heterocycles. The number of fused-ring (bicyclic) bond motifs is 1. The number of aromatic amines is 2. The van der Waals surface area contributed by atoms with Crippen LogP contribution in [0.1, 0.15) is 13.3 Å². The van der Waals surface area contributed by atoms with Crippen molar-refractivity contribution in [3.05, 3.63) is 34.9 Å². The molecule has 0 radical (unpaired) electrons. The highest BCUT2D eigenvalue weighted by molar-refractivity contribution is 5.76. The van der Waals surface area contributed by atoms with Crippen LogP contribution < -0.4 is 15.2 Å². The first kappa shape index (κ1) is 17.1. The van der Waals surface area contributed by atoms with Crippen LogP contribution in [0.15, 0.2) is 29.3 Å². The smallest absolute Gasteiger partial charge is 0.308 e. The van der Waals surface area contributed by atoms with E-state index in [0.717, 1.165) is 5.69 Å². The molecule has 0 amide bonds. The maximum atomic E-state index is 12.2. The minimum Gasteiger partial charge on any atom is -0.493 e. The summed E-state index contributed by atoms with van der Waals surface area (Å²) in [5.74, 6) is -0.181. The molecule has 4 rings (SSSR count). The molecule has 9 nitrogen and oxygen atoms in total. The van der Waals surface area contributed by atoms with Crippen molar-refractivity contribution in [2.75, 3.05) is 24.6 Å². The molecule has 1 fully saturated rings. The molecular formula is C18H19N5O4. The summed E-state index contributed by atoms with van der Waals surface area (Å²) in [5, 5.41) is 9.20. The average molecular weight is 369 g/mol. The van der Waals surface area contributed by atoms with E-state index in [0.29, 0.717) is 54.4 Å². The zero-order chi connectivity index (χ0) is 19.0. The molecule has 1 saturated heterocycles. The number of carboxylic acids is 1. The lowest BCUT2D eigenvalue weighted by atomic mass is 10.1. The molecule has 0 spiro atoms. The normalized spacial score (nSPS) is 16.8. The van der Waals surface area contributed by atoms with E-state index in [4.69, 9.17) is 4.74 Å². The highest BCUT2D eigenvalue weighted by Gasteiger charge is 2.28. The number of hydrogen-bond acceptors (Lipinski definition) is 6. The van der Waals surface area contributed by atoms with Gasteiger partial charge >= 0.3 is 5.97 Å². The molecule has 140 valence electrons. The summed E-state index contributed by atoms with van der Waals surface area (Å²) in [4.78, 5) is 39.4. The number of benzene rings is 1. The topological polar surface area (TPSA) is 124 Å². The number of carbonyl (C=O) groups is 1. The molecule has 1 aromatic carbocycles. The third-order valence-corrected chi connectivity index (χ3v) is 4.72. The van der Waals surface area contributed by atoms with Crippen LogP contribution in [0.4, 0.5) is 5.69 Å². The quantitative estimate of drug-likeness (QED) is 0.624. The molecule has 3 N–H and O–H groups in total. The lowest BCUT2D eigenvalue weighted by Gasteiger charge is -2.20. The maximum absolute atomic E-state index is 12.2. The number of nitrogens with zero attached hydrogens (tertiary/aromatic N) is 3. The number of nitrogens with one attached hydrogen (secondary N) is 2. The SMILES string of the molecule is CCOc1cc(N2CC[C@H](C(=O)O)C2)ccc1-c1nc2nc[nH]c2c(=O)[nH]1. The number of imidazole rings is 1. The molecule has 0 bridgehead atoms. The molecular weight excluding hydrogens is 350 g/mol. The Morgan fingerprint density at radius 2 is 2.30 bits per heavy atom. The highest BCUT2D eigenvalue weighted by Crippen LogP contribution is 2.34. The number of aromatic nitrogens is 4. The first-order valence-electron chi connectivity index (χ1n) is 8.75. The van der Waals surface area contributed by atoms with Gasteiger partial charge in [0.25, 0.3) is 5.56 Å². The van der Waals surface area contributed by atoms with E-state index in [1.165, 1.54) is 6.33 Å². The summed E-state index contributed by atoms with van der Waals surface area (Å²) >= 11 is 0. The standard InChI is InChI=1S/C18H19N5O4/c1-2-27-13-7-11(23-6-5-10(8-23)18(25)26)3-4-12(13)15-21-16-14(17(24)22-15)19-9-20-16/h3-4,7,9-10H,2,5-6,8H2,1H3,(H,25,26)(H2,19,20,21,22,24)/t10-/m0/s1. The predicted molar refractivity (Wildman–Crippen MR) is 99.1 cm³/mol. The van der Waals surface area contributed by atoms with Crippen molar-refractivity contribution in [2.45, 2.75) is 13.3 Å². The highest BCUT2D eigenvalue weighted by atomic mass is 16.5. The Labute approximate surface area is 154 Å². The largest absolute Gasteiger partial charge is 0.493 e. The fourth-order valence-electron chi connectivity index (χ4n) is 3.35. The van der Waals surface area contributed by atoms with Crippen LogP contribution in [0.3, 0.4) is 0 Å². The van der Waals surface area contributed by atoms with E-state index in [1.54, 1.807) is 0 Å². The van der Waals surface area contributed by atoms with Crippen LogP contribution in [-0.2, 0) is 4.79 Å². The van der Waals surface area contributed by atoms with E-state index in [-0.39, 0.29) is 11.5 Å². The van der Waals surface area contributed by atoms with Gasteiger partial charge in [-0.2, -0.15) is 0 Å². The van der Waals surface area contributed by atoms with Gasteiger partial charge in [0.15, 0.2) is 11.2 Å². The first-order valence-corrected chi connectivity index (χ1v) is 8.75. The Morgan fingerprint density at radius 3 is 3.04 bits per heavy atom. The first-order chi connectivity index (χ1) is 13.1. The summed E-state index contributed by atoms with van der Waals surface area (Å²) in [7, 11) is 0. The second-order valence-corrected chi connectivity index (χ2v) is 6.40. The number of aliphatic carboxylic acids is 1. The average Bonchev–Trinajstić information content (AvgIpc) is 3.31. The van der Waals surface area contributed by atoms with Crippen LogP contribution in [0.2, 0.25) is 0 Å². The Bertz CT molecular complexity index is 1060. The van der Waals surface area contributed by atoms with Gasteiger partial charge in [0.1, 0.15) is 11.6 Å². The summed E-state index contributed by atoms with van der Waals surface area (Å²) in [6, 6.07) is 5.57. The fraction of sp³-hybridized carbons (Fsp3) is 0.333. The van der Waals surface area contributed by atoms with E-state index in [1.807, 2.05) is 30.0 Å². The fourth-order valence-corrected chi connectivity index (χ4v) is 3.35. The van der Waals surface area contributed by atoms with Crippen molar-refractivity contribution in [1.82, 2.24) is 19.9 Å². The molecule has 1 aliphatic rings. The van der Waals surface area contributed by atoms with Crippen LogP contribution in [-0.4, -0.2) is 50.7 Å². The van der Waals surface area contributed by atoms with E-state index < -0.39 is 5.97 Å². The molecule has 0 saturated carbocycles. The zero-order valence-corrected chi connectivity index (χ0v) is 14.7. The third kappa shape index (κ3) is 3.12. The van der Waals surface area contributed by atoms with Gasteiger partial charge in [-0.3, -0.25) is 9.59 Å². The van der Waals surface area contributed by atoms with Gasteiger partial charge in [-0.05, 0) is 25.5 Å². The number of rotatable bonds is 5. The Balaban J connectivity index is 1.72. The summed E-state index contributed by atoms with van der Waals surface area (Å²) < 4.78 is 5.77. The van der Waals surface area contributed by atoms with Crippen LogP contribution in [0.25, 0.3) is 22.6 Å². The van der Waals surface area contributed by atoms with Gasteiger partial charge in [0.2, 0.25) is 0 Å². The van der Waals surface area contributed by atoms with E-state index in [2.05, 4.69) is 19.9 Å². The van der Waals surface area contributed by atoms with Gasteiger partial charge in [-0.25, -0.2) is 9.97 Å². The minimum atomic E-state index is -0.770. The summed E-state index contributed by atoms with van der Waals surface area (Å²) in [5.41, 5.74) is 1.89. The summed E-state index contributed by atoms with van der Waals surface area (Å²) in [6.07, 6.45) is 2.04. The Hall–Kier alpha value is -3.36. The predicted octanol–water partition coefficient (Wildman–Crippen LogP) is 1.62. The van der Waals surface area contributed by atoms with Crippen LogP contribution in [0.5, 0.6) is 5.75 Å². The molecule has 27 heavy (non-hydrogen) atoms. The molecule has 0 unspecified atom stereocenters.